The third kappa shape index (κ3) is 6.08. The Morgan fingerprint density at radius 1 is 1.07 bits per heavy atom. The number of carbonyl (C=O) groups excluding carboxylic acids is 1. The van der Waals surface area contributed by atoms with Gasteiger partial charge in [0.05, 0.1) is 20.5 Å². The molecule has 0 aliphatic rings. The molecular weight excluding hydrogens is 630 g/mol. The van der Waals surface area contributed by atoms with Gasteiger partial charge in [0.1, 0.15) is 18.1 Å². The van der Waals surface area contributed by atoms with Crippen LogP contribution in [0, 0.1) is 7.14 Å². The van der Waals surface area contributed by atoms with E-state index in [1.165, 1.54) is 0 Å². The lowest BCUT2D eigenvalue weighted by molar-refractivity contribution is 0.0954. The monoisotopic (exact) mass is 646 g/mol. The summed E-state index contributed by atoms with van der Waals surface area (Å²) >= 11 is 10.5. The first kappa shape index (κ1) is 22.8. The van der Waals surface area contributed by atoms with Crippen LogP contribution in [0.1, 0.15) is 21.5 Å². The molecule has 0 radical (unpaired) electrons. The fourth-order valence-corrected chi connectivity index (χ4v) is 3.96. The summed E-state index contributed by atoms with van der Waals surface area (Å²) < 4.78 is 13.0. The Balaban J connectivity index is 1.60. The number of hydrogen-bond acceptors (Lipinski definition) is 4. The number of carbonyl (C=O) groups is 1. The van der Waals surface area contributed by atoms with Crippen molar-refractivity contribution in [1.29, 1.82) is 0 Å². The molecule has 154 valence electrons. The van der Waals surface area contributed by atoms with E-state index < -0.39 is 0 Å². The predicted molar refractivity (Wildman–Crippen MR) is 136 cm³/mol. The third-order valence-corrected chi connectivity index (χ3v) is 6.19. The van der Waals surface area contributed by atoms with Gasteiger partial charge in [0.2, 0.25) is 0 Å². The van der Waals surface area contributed by atoms with Gasteiger partial charge in [-0.2, -0.15) is 5.10 Å². The van der Waals surface area contributed by atoms with E-state index in [9.17, 15) is 4.79 Å². The number of methoxy groups -OCH3 is 1. The maximum atomic E-state index is 12.3. The molecule has 0 aromatic heterocycles. The van der Waals surface area contributed by atoms with Crippen molar-refractivity contribution >= 4 is 68.9 Å². The molecule has 0 heterocycles. The Morgan fingerprint density at radius 2 is 1.87 bits per heavy atom. The van der Waals surface area contributed by atoms with E-state index in [-0.39, 0.29) is 5.91 Å². The Kier molecular flexibility index (Phi) is 8.34. The molecule has 0 saturated heterocycles. The van der Waals surface area contributed by atoms with Crippen LogP contribution in [0.5, 0.6) is 11.5 Å². The van der Waals surface area contributed by atoms with Crippen molar-refractivity contribution in [3.05, 3.63) is 89.5 Å². The maximum absolute atomic E-state index is 12.3. The zero-order valence-electron chi connectivity index (χ0n) is 15.9. The molecule has 0 unspecified atom stereocenters. The van der Waals surface area contributed by atoms with E-state index in [0.717, 1.165) is 24.0 Å². The van der Waals surface area contributed by atoms with Crippen LogP contribution < -0.4 is 14.9 Å². The van der Waals surface area contributed by atoms with Gasteiger partial charge in [0.15, 0.2) is 0 Å². The summed E-state index contributed by atoms with van der Waals surface area (Å²) in [5.74, 6) is 1.09. The number of nitrogens with zero attached hydrogens (tertiary/aromatic N) is 1. The molecule has 0 aliphatic heterocycles. The first-order valence-electron chi connectivity index (χ1n) is 8.80. The number of nitrogens with one attached hydrogen (secondary N) is 1. The number of hydrazone groups is 1. The Morgan fingerprint density at radius 3 is 2.60 bits per heavy atom. The number of hydrogen-bond donors (Lipinski definition) is 1. The molecule has 0 spiro atoms. The van der Waals surface area contributed by atoms with Crippen LogP contribution in [0.2, 0.25) is 5.02 Å². The van der Waals surface area contributed by atoms with E-state index in [4.69, 9.17) is 21.1 Å². The zero-order valence-corrected chi connectivity index (χ0v) is 20.9. The molecule has 3 rings (SSSR count). The van der Waals surface area contributed by atoms with E-state index in [1.54, 1.807) is 25.5 Å². The fraction of sp³-hybridized carbons (Fsp3) is 0.0909. The van der Waals surface area contributed by atoms with Crippen molar-refractivity contribution in [3.63, 3.8) is 0 Å². The second kappa shape index (κ2) is 11.0. The molecule has 0 fully saturated rings. The number of rotatable bonds is 7. The fourth-order valence-electron chi connectivity index (χ4n) is 2.52. The summed E-state index contributed by atoms with van der Waals surface area (Å²) in [6.07, 6.45) is 1.59. The highest BCUT2D eigenvalue weighted by Crippen LogP contribution is 2.24. The SMILES string of the molecule is COc1cc(C(=O)N/N=C\c2ccc(OCc3ccccc3Cl)c(I)c2)ccc1I. The second-order valence-corrected chi connectivity index (χ2v) is 8.85. The van der Waals surface area contributed by atoms with Gasteiger partial charge in [0, 0.05) is 16.1 Å². The zero-order chi connectivity index (χ0) is 21.5. The lowest BCUT2D eigenvalue weighted by Gasteiger charge is -2.10. The van der Waals surface area contributed by atoms with Gasteiger partial charge in [-0.1, -0.05) is 29.8 Å². The summed E-state index contributed by atoms with van der Waals surface area (Å²) in [5.41, 5.74) is 4.77. The van der Waals surface area contributed by atoms with Crippen LogP contribution >= 0.6 is 56.8 Å². The van der Waals surface area contributed by atoms with Gasteiger partial charge in [0.25, 0.3) is 5.91 Å². The average molecular weight is 647 g/mol. The summed E-state index contributed by atoms with van der Waals surface area (Å²) in [6.45, 7) is 0.388. The molecule has 5 nitrogen and oxygen atoms in total. The minimum absolute atomic E-state index is 0.310. The number of benzene rings is 3. The summed E-state index contributed by atoms with van der Waals surface area (Å²) in [4.78, 5) is 12.3. The van der Waals surface area contributed by atoms with Crippen LogP contribution in [0.25, 0.3) is 0 Å². The van der Waals surface area contributed by atoms with E-state index in [2.05, 4.69) is 55.7 Å². The van der Waals surface area contributed by atoms with E-state index in [1.807, 2.05) is 48.5 Å². The van der Waals surface area contributed by atoms with Crippen LogP contribution in [0.15, 0.2) is 65.8 Å². The van der Waals surface area contributed by atoms with Crippen molar-refractivity contribution in [2.24, 2.45) is 5.10 Å². The van der Waals surface area contributed by atoms with Crippen LogP contribution in [0.3, 0.4) is 0 Å². The smallest absolute Gasteiger partial charge is 0.271 e. The highest BCUT2D eigenvalue weighted by atomic mass is 127. The van der Waals surface area contributed by atoms with Crippen molar-refractivity contribution < 1.29 is 14.3 Å². The molecule has 1 N–H and O–H groups in total. The van der Waals surface area contributed by atoms with Gasteiger partial charge < -0.3 is 9.47 Å². The summed E-state index contributed by atoms with van der Waals surface area (Å²) in [5, 5.41) is 4.72. The third-order valence-electron chi connectivity index (χ3n) is 4.09. The molecular formula is C22H17ClI2N2O3. The molecule has 30 heavy (non-hydrogen) atoms. The molecule has 0 bridgehead atoms. The molecule has 0 aliphatic carbocycles. The first-order valence-corrected chi connectivity index (χ1v) is 11.3. The normalized spacial score (nSPS) is 10.8. The molecule has 3 aromatic rings. The van der Waals surface area contributed by atoms with Gasteiger partial charge in [-0.05, 0) is 93.2 Å². The molecule has 3 aromatic carbocycles. The van der Waals surface area contributed by atoms with Crippen LogP contribution in [0.4, 0.5) is 0 Å². The van der Waals surface area contributed by atoms with E-state index in [0.29, 0.717) is 22.9 Å². The predicted octanol–water partition coefficient (Wildman–Crippen LogP) is 5.90. The molecule has 0 atom stereocenters. The number of ether oxygens (including phenoxy) is 2. The maximum Gasteiger partial charge on any atom is 0.271 e. The number of amides is 1. The average Bonchev–Trinajstić information content (AvgIpc) is 2.74. The summed E-state index contributed by atoms with van der Waals surface area (Å²) in [6, 6.07) is 18.5. The van der Waals surface area contributed by atoms with Crippen molar-refractivity contribution in [3.8, 4) is 11.5 Å². The minimum atomic E-state index is -0.310. The highest BCUT2D eigenvalue weighted by Gasteiger charge is 2.08. The Labute approximate surface area is 207 Å². The lowest BCUT2D eigenvalue weighted by Crippen LogP contribution is -2.17. The first-order chi connectivity index (χ1) is 14.5. The quantitative estimate of drug-likeness (QED) is 0.198. The molecule has 1 amide bonds. The molecule has 0 saturated carbocycles. The van der Waals surface area contributed by atoms with Gasteiger partial charge in [-0.15, -0.1) is 0 Å². The van der Waals surface area contributed by atoms with Crippen molar-refractivity contribution in [2.75, 3.05) is 7.11 Å². The topological polar surface area (TPSA) is 59.9 Å². The Bertz CT molecular complexity index is 1090. The van der Waals surface area contributed by atoms with E-state index >= 15 is 0 Å². The van der Waals surface area contributed by atoms with Gasteiger partial charge >= 0.3 is 0 Å². The highest BCUT2D eigenvalue weighted by molar-refractivity contribution is 14.1. The standard InChI is InChI=1S/C22H17ClI2N2O3/c1-29-21-11-15(7-8-18(21)24)22(28)27-26-12-14-6-9-20(19(25)10-14)30-13-16-4-2-3-5-17(16)23/h2-12H,13H2,1H3,(H,27,28)/b26-12-. The van der Waals surface area contributed by atoms with Gasteiger partial charge in [-0.3, -0.25) is 4.79 Å². The van der Waals surface area contributed by atoms with Gasteiger partial charge in [-0.25, -0.2) is 5.43 Å². The van der Waals surface area contributed by atoms with Crippen LogP contribution in [-0.2, 0) is 6.61 Å². The Hall–Kier alpha value is -1.85. The lowest BCUT2D eigenvalue weighted by atomic mass is 10.2. The summed E-state index contributed by atoms with van der Waals surface area (Å²) in [7, 11) is 1.57. The second-order valence-electron chi connectivity index (χ2n) is 6.12. The number of halogens is 3. The molecule has 8 heteroatoms. The van der Waals surface area contributed by atoms with Crippen molar-refractivity contribution in [2.45, 2.75) is 6.61 Å². The largest absolute Gasteiger partial charge is 0.496 e. The van der Waals surface area contributed by atoms with Crippen molar-refractivity contribution in [1.82, 2.24) is 5.43 Å². The van der Waals surface area contributed by atoms with Crippen LogP contribution in [-0.4, -0.2) is 19.2 Å². The minimum Gasteiger partial charge on any atom is -0.496 e.